The van der Waals surface area contributed by atoms with E-state index >= 15 is 0 Å². The summed E-state index contributed by atoms with van der Waals surface area (Å²) in [5, 5.41) is 0. The molecular weight excluding hydrogens is 973 g/mol. The van der Waals surface area contributed by atoms with E-state index in [0.717, 1.165) is 77.0 Å². The predicted molar refractivity (Wildman–Crippen MR) is 344 cm³/mol. The van der Waals surface area contributed by atoms with Crippen molar-refractivity contribution in [2.24, 2.45) is 0 Å². The first-order chi connectivity index (χ1) is 39.0. The zero-order valence-corrected chi connectivity index (χ0v) is 52.1. The first kappa shape index (κ1) is 75.3. The fraction of sp³-hybridized carbons (Fsp3) is 0.740. The van der Waals surface area contributed by atoms with Crippen LogP contribution in [0.15, 0.2) is 97.2 Å². The van der Waals surface area contributed by atoms with Gasteiger partial charge in [-0.1, -0.05) is 298 Å². The molecule has 79 heavy (non-hydrogen) atoms. The minimum atomic E-state index is -0.813. The molecule has 0 heterocycles. The van der Waals surface area contributed by atoms with E-state index in [4.69, 9.17) is 14.2 Å². The van der Waals surface area contributed by atoms with Gasteiger partial charge in [0.15, 0.2) is 6.10 Å². The summed E-state index contributed by atoms with van der Waals surface area (Å²) >= 11 is 0. The molecule has 0 amide bonds. The van der Waals surface area contributed by atoms with Gasteiger partial charge in [0.25, 0.3) is 0 Å². The third kappa shape index (κ3) is 65.0. The van der Waals surface area contributed by atoms with E-state index in [9.17, 15) is 14.4 Å². The molecule has 0 saturated heterocycles. The van der Waals surface area contributed by atoms with E-state index in [1.54, 1.807) is 0 Å². The summed E-state index contributed by atoms with van der Waals surface area (Å²) in [6.07, 6.45) is 90.0. The normalized spacial score (nSPS) is 12.7. The van der Waals surface area contributed by atoms with Crippen molar-refractivity contribution in [1.82, 2.24) is 0 Å². The molecule has 1 atom stereocenters. The smallest absolute Gasteiger partial charge is 0.306 e. The number of esters is 3. The van der Waals surface area contributed by atoms with E-state index in [0.29, 0.717) is 19.3 Å². The second-order valence-electron chi connectivity index (χ2n) is 22.3. The van der Waals surface area contributed by atoms with Gasteiger partial charge in [-0.05, 0) is 109 Å². The molecule has 0 aromatic heterocycles. The molecule has 0 radical (unpaired) electrons. The van der Waals surface area contributed by atoms with Crippen LogP contribution in [0, 0.1) is 0 Å². The van der Waals surface area contributed by atoms with Crippen LogP contribution in [-0.4, -0.2) is 37.2 Å². The molecule has 0 aromatic carbocycles. The average Bonchev–Trinajstić information content (AvgIpc) is 3.45. The first-order valence-electron chi connectivity index (χ1n) is 33.7. The summed E-state index contributed by atoms with van der Waals surface area (Å²) in [6.45, 7) is 6.50. The molecule has 0 bridgehead atoms. The van der Waals surface area contributed by atoms with Crippen LogP contribution in [0.25, 0.3) is 0 Å². The molecule has 0 fully saturated rings. The highest BCUT2D eigenvalue weighted by Crippen LogP contribution is 2.16. The number of carbonyl (C=O) groups is 3. The van der Waals surface area contributed by atoms with Gasteiger partial charge in [-0.2, -0.15) is 0 Å². The maximum atomic E-state index is 12.9. The molecule has 0 aliphatic heterocycles. The summed E-state index contributed by atoms with van der Waals surface area (Å²) in [6, 6.07) is 0. The van der Waals surface area contributed by atoms with E-state index in [1.807, 2.05) is 6.08 Å². The molecule has 1 unspecified atom stereocenters. The molecule has 0 spiro atoms. The Morgan fingerprint density at radius 2 is 0.519 bits per heavy atom. The zero-order chi connectivity index (χ0) is 57.1. The molecule has 6 nitrogen and oxygen atoms in total. The van der Waals surface area contributed by atoms with Crippen molar-refractivity contribution in [1.29, 1.82) is 0 Å². The Kier molecular flexibility index (Phi) is 63.7. The summed E-state index contributed by atoms with van der Waals surface area (Å²) in [7, 11) is 0. The molecule has 0 aliphatic carbocycles. The van der Waals surface area contributed by atoms with Gasteiger partial charge in [-0.15, -0.1) is 0 Å². The second kappa shape index (κ2) is 66.8. The number of unbranched alkanes of at least 4 members (excludes halogenated alkanes) is 34. The lowest BCUT2D eigenvalue weighted by Gasteiger charge is -2.18. The maximum absolute atomic E-state index is 12.9. The Bertz CT molecular complexity index is 1540. The average molecular weight is 1100 g/mol. The van der Waals surface area contributed by atoms with Gasteiger partial charge >= 0.3 is 17.9 Å². The fourth-order valence-corrected chi connectivity index (χ4v) is 9.52. The minimum absolute atomic E-state index is 0.102. The Labute approximate surface area is 489 Å². The molecule has 0 saturated carbocycles. The summed E-state index contributed by atoms with van der Waals surface area (Å²) < 4.78 is 16.9. The van der Waals surface area contributed by atoms with Crippen LogP contribution >= 0.6 is 0 Å². The second-order valence-corrected chi connectivity index (χ2v) is 22.3. The lowest BCUT2D eigenvalue weighted by Crippen LogP contribution is -2.30. The highest BCUT2D eigenvalue weighted by atomic mass is 16.6. The third-order valence-corrected chi connectivity index (χ3v) is 14.6. The van der Waals surface area contributed by atoms with Crippen molar-refractivity contribution in [2.45, 2.75) is 335 Å². The standard InChI is InChI=1S/C73H126O6/c1-4-7-10-13-16-19-22-25-28-31-34-36-39-42-45-48-51-54-57-60-63-66-72(75)78-69-70(68-77-71(74)65-62-59-56-53-50-47-44-41-38-33-30-27-24-21-18-15-12-9-6-3)79-73(76)67-64-61-58-55-52-49-46-43-40-37-35-32-29-26-23-20-17-14-11-8-5-2/h9,12,18,21,27,30-32,34-35,38,41,47,50,56,59,70H,4-8,10-11,13-17,19-20,22-26,28-29,33,36-37,39-40,42-46,48-49,51-55,57-58,60-69H2,1-3H3/b12-9-,21-18-,30-27-,34-31-,35-32-,41-38-,50-47-,59-56-. The van der Waals surface area contributed by atoms with E-state index in [1.165, 1.54) is 205 Å². The van der Waals surface area contributed by atoms with Crippen LogP contribution in [0.3, 0.4) is 0 Å². The Morgan fingerprint density at radius 3 is 0.848 bits per heavy atom. The van der Waals surface area contributed by atoms with Gasteiger partial charge in [-0.25, -0.2) is 0 Å². The van der Waals surface area contributed by atoms with Gasteiger partial charge in [0, 0.05) is 19.3 Å². The molecule has 454 valence electrons. The Morgan fingerprint density at radius 1 is 0.266 bits per heavy atom. The molecule has 6 heteroatoms. The molecular formula is C73H126O6. The van der Waals surface area contributed by atoms with Crippen molar-refractivity contribution in [2.75, 3.05) is 13.2 Å². The SMILES string of the molecule is CC/C=C\C/C=C\C/C=C\C/C=C\C/C=C\C/C=C\CCC(=O)OCC(COC(=O)CCCCCCCCCCC/C=C\CCCCCCCCCC)OC(=O)CCCCCCCCCCC/C=C\CCCCCCCCCC. The fourth-order valence-electron chi connectivity index (χ4n) is 9.52. The maximum Gasteiger partial charge on any atom is 0.306 e. The van der Waals surface area contributed by atoms with Crippen LogP contribution in [0.4, 0.5) is 0 Å². The lowest BCUT2D eigenvalue weighted by molar-refractivity contribution is -0.166. The van der Waals surface area contributed by atoms with Gasteiger partial charge in [0.2, 0.25) is 0 Å². The monoisotopic (exact) mass is 1100 g/mol. The van der Waals surface area contributed by atoms with Gasteiger partial charge in [-0.3, -0.25) is 14.4 Å². The zero-order valence-electron chi connectivity index (χ0n) is 52.1. The van der Waals surface area contributed by atoms with E-state index < -0.39 is 6.10 Å². The van der Waals surface area contributed by atoms with Gasteiger partial charge < -0.3 is 14.2 Å². The van der Waals surface area contributed by atoms with Crippen LogP contribution in [0.5, 0.6) is 0 Å². The van der Waals surface area contributed by atoms with E-state index in [2.05, 4.69) is 112 Å². The molecule has 0 rings (SSSR count). The van der Waals surface area contributed by atoms with Crippen LogP contribution in [0.2, 0.25) is 0 Å². The third-order valence-electron chi connectivity index (χ3n) is 14.6. The number of hydrogen-bond donors (Lipinski definition) is 0. The van der Waals surface area contributed by atoms with Crippen LogP contribution in [0.1, 0.15) is 329 Å². The minimum Gasteiger partial charge on any atom is -0.462 e. The van der Waals surface area contributed by atoms with Gasteiger partial charge in [0.05, 0.1) is 0 Å². The van der Waals surface area contributed by atoms with Gasteiger partial charge in [0.1, 0.15) is 13.2 Å². The quantitative estimate of drug-likeness (QED) is 0.0261. The van der Waals surface area contributed by atoms with Crippen molar-refractivity contribution in [3.8, 4) is 0 Å². The number of ether oxygens (including phenoxy) is 3. The molecule has 0 N–H and O–H groups in total. The summed E-state index contributed by atoms with van der Waals surface area (Å²) in [4.78, 5) is 38.4. The number of carbonyl (C=O) groups excluding carboxylic acids is 3. The summed E-state index contributed by atoms with van der Waals surface area (Å²) in [5.41, 5.74) is 0. The van der Waals surface area contributed by atoms with Crippen molar-refractivity contribution < 1.29 is 28.6 Å². The van der Waals surface area contributed by atoms with Crippen LogP contribution in [-0.2, 0) is 28.6 Å². The Balaban J connectivity index is 4.46. The number of hydrogen-bond acceptors (Lipinski definition) is 6. The number of rotatable bonds is 61. The highest BCUT2D eigenvalue weighted by molar-refractivity contribution is 5.71. The van der Waals surface area contributed by atoms with Crippen LogP contribution < -0.4 is 0 Å². The predicted octanol–water partition coefficient (Wildman–Crippen LogP) is 23.2. The number of allylic oxidation sites excluding steroid dienone is 16. The lowest BCUT2D eigenvalue weighted by atomic mass is 10.1. The molecule has 0 aromatic rings. The van der Waals surface area contributed by atoms with Crippen molar-refractivity contribution in [3.05, 3.63) is 97.2 Å². The van der Waals surface area contributed by atoms with Crippen molar-refractivity contribution >= 4 is 17.9 Å². The summed E-state index contributed by atoms with van der Waals surface area (Å²) in [5.74, 6) is -0.981. The Hall–Kier alpha value is -3.67. The van der Waals surface area contributed by atoms with E-state index in [-0.39, 0.29) is 37.5 Å². The topological polar surface area (TPSA) is 78.9 Å². The molecule has 0 aliphatic rings. The largest absolute Gasteiger partial charge is 0.462 e. The van der Waals surface area contributed by atoms with Crippen molar-refractivity contribution in [3.63, 3.8) is 0 Å². The highest BCUT2D eigenvalue weighted by Gasteiger charge is 2.19. The first-order valence-corrected chi connectivity index (χ1v) is 33.7.